The van der Waals surface area contributed by atoms with Gasteiger partial charge in [0.25, 0.3) is 5.91 Å². The van der Waals surface area contributed by atoms with Crippen molar-refractivity contribution in [3.8, 4) is 5.88 Å². The number of hydrogen-bond donors (Lipinski definition) is 3. The van der Waals surface area contributed by atoms with E-state index in [9.17, 15) is 9.59 Å². The minimum atomic E-state index is -0.291. The second kappa shape index (κ2) is 8.78. The van der Waals surface area contributed by atoms with Gasteiger partial charge < -0.3 is 20.7 Å². The molecule has 0 radical (unpaired) electrons. The van der Waals surface area contributed by atoms with Crippen LogP contribution in [0.15, 0.2) is 18.3 Å². The summed E-state index contributed by atoms with van der Waals surface area (Å²) in [5.41, 5.74) is 0.553. The lowest BCUT2D eigenvalue weighted by Crippen LogP contribution is -2.35. The van der Waals surface area contributed by atoms with Gasteiger partial charge in [0.15, 0.2) is 6.61 Å². The van der Waals surface area contributed by atoms with Crippen LogP contribution in [-0.2, 0) is 4.79 Å². The maximum Gasteiger partial charge on any atom is 0.319 e. The van der Waals surface area contributed by atoms with Gasteiger partial charge in [0.2, 0.25) is 5.88 Å². The van der Waals surface area contributed by atoms with Crippen LogP contribution >= 0.6 is 0 Å². The van der Waals surface area contributed by atoms with Crippen molar-refractivity contribution in [2.24, 2.45) is 0 Å². The maximum absolute atomic E-state index is 11.5. The molecule has 7 nitrogen and oxygen atoms in total. The Morgan fingerprint density at radius 2 is 2.10 bits per heavy atom. The lowest BCUT2D eigenvalue weighted by atomic mass is 10.2. The summed E-state index contributed by atoms with van der Waals surface area (Å²) >= 11 is 0. The fourth-order valence-corrected chi connectivity index (χ4v) is 1.43. The summed E-state index contributed by atoms with van der Waals surface area (Å²) in [4.78, 5) is 26.9. The molecule has 3 N–H and O–H groups in total. The van der Waals surface area contributed by atoms with E-state index in [0.29, 0.717) is 18.1 Å². The molecule has 1 unspecified atom stereocenters. The molecule has 21 heavy (non-hydrogen) atoms. The first-order valence-electron chi connectivity index (χ1n) is 6.98. The number of anilines is 1. The number of nitrogens with zero attached hydrogens (tertiary/aromatic N) is 1. The van der Waals surface area contributed by atoms with Crippen molar-refractivity contribution in [3.63, 3.8) is 0 Å². The third-order valence-electron chi connectivity index (χ3n) is 2.70. The molecule has 1 atom stereocenters. The number of pyridine rings is 1. The molecule has 0 aliphatic rings. The molecule has 1 heterocycles. The van der Waals surface area contributed by atoms with Crippen LogP contribution in [0.3, 0.4) is 0 Å². The van der Waals surface area contributed by atoms with Crippen molar-refractivity contribution in [3.05, 3.63) is 18.3 Å². The van der Waals surface area contributed by atoms with Gasteiger partial charge >= 0.3 is 6.03 Å². The zero-order chi connectivity index (χ0) is 15.7. The van der Waals surface area contributed by atoms with Gasteiger partial charge in [-0.25, -0.2) is 9.78 Å². The number of hydrogen-bond acceptors (Lipinski definition) is 4. The number of aromatic nitrogens is 1. The smallest absolute Gasteiger partial charge is 0.319 e. The Hall–Kier alpha value is -2.31. The number of carbonyl (C=O) groups is 2. The van der Waals surface area contributed by atoms with Crippen LogP contribution in [0.25, 0.3) is 0 Å². The highest BCUT2D eigenvalue weighted by molar-refractivity contribution is 5.88. The summed E-state index contributed by atoms with van der Waals surface area (Å²) in [5, 5.41) is 8.03. The zero-order valence-electron chi connectivity index (χ0n) is 12.6. The van der Waals surface area contributed by atoms with Crippen molar-refractivity contribution in [2.75, 3.05) is 18.5 Å². The summed E-state index contributed by atoms with van der Waals surface area (Å²) in [7, 11) is 0. The molecule has 1 rings (SSSR count). The number of nitrogens with one attached hydrogen (secondary N) is 3. The van der Waals surface area contributed by atoms with E-state index in [4.69, 9.17) is 4.74 Å². The highest BCUT2D eigenvalue weighted by atomic mass is 16.5. The Morgan fingerprint density at radius 1 is 1.33 bits per heavy atom. The predicted molar refractivity (Wildman–Crippen MR) is 80.3 cm³/mol. The second-order valence-corrected chi connectivity index (χ2v) is 4.54. The number of rotatable bonds is 7. The van der Waals surface area contributed by atoms with Crippen LogP contribution in [0.1, 0.15) is 27.2 Å². The van der Waals surface area contributed by atoms with E-state index in [2.05, 4.69) is 20.9 Å². The minimum Gasteiger partial charge on any atom is -0.468 e. The van der Waals surface area contributed by atoms with Gasteiger partial charge in [-0.2, -0.15) is 0 Å². The van der Waals surface area contributed by atoms with E-state index < -0.39 is 0 Å². The molecule has 0 spiro atoms. The van der Waals surface area contributed by atoms with E-state index in [1.165, 1.54) is 6.20 Å². The maximum atomic E-state index is 11.5. The van der Waals surface area contributed by atoms with Crippen molar-refractivity contribution in [2.45, 2.75) is 33.2 Å². The van der Waals surface area contributed by atoms with Crippen LogP contribution in [0.4, 0.5) is 10.5 Å². The summed E-state index contributed by atoms with van der Waals surface area (Å²) < 4.78 is 5.27. The van der Waals surface area contributed by atoms with Gasteiger partial charge in [0.05, 0.1) is 11.9 Å². The fraction of sp³-hybridized carbons (Fsp3) is 0.500. The molecule has 0 saturated heterocycles. The van der Waals surface area contributed by atoms with Gasteiger partial charge in [-0.15, -0.1) is 0 Å². The summed E-state index contributed by atoms with van der Waals surface area (Å²) in [5.74, 6) is 0.145. The van der Waals surface area contributed by atoms with Gasteiger partial charge in [-0.3, -0.25) is 4.79 Å². The Morgan fingerprint density at radius 3 is 2.67 bits per heavy atom. The molecule has 0 aliphatic heterocycles. The average Bonchev–Trinajstić information content (AvgIpc) is 2.46. The van der Waals surface area contributed by atoms with E-state index in [1.54, 1.807) is 12.1 Å². The number of ether oxygens (including phenoxy) is 1. The van der Waals surface area contributed by atoms with Crippen molar-refractivity contribution in [1.29, 1.82) is 0 Å². The first-order chi connectivity index (χ1) is 10.0. The molecule has 0 fully saturated rings. The molecule has 0 saturated carbocycles. The molecule has 0 bridgehead atoms. The van der Waals surface area contributed by atoms with E-state index in [0.717, 1.165) is 6.42 Å². The van der Waals surface area contributed by atoms with Crippen LogP contribution in [-0.4, -0.2) is 36.1 Å². The van der Waals surface area contributed by atoms with Gasteiger partial charge in [0.1, 0.15) is 0 Å². The van der Waals surface area contributed by atoms with Crippen LogP contribution in [0.5, 0.6) is 5.88 Å². The Kier molecular flexibility index (Phi) is 7.00. The third-order valence-corrected chi connectivity index (χ3v) is 2.70. The lowest BCUT2D eigenvalue weighted by Gasteiger charge is -2.11. The number of carbonyl (C=O) groups excluding carboxylic acids is 2. The molecule has 7 heteroatoms. The average molecular weight is 294 g/mol. The monoisotopic (exact) mass is 294 g/mol. The quantitative estimate of drug-likeness (QED) is 0.711. The topological polar surface area (TPSA) is 92.4 Å². The van der Waals surface area contributed by atoms with Crippen LogP contribution < -0.4 is 20.7 Å². The van der Waals surface area contributed by atoms with Gasteiger partial charge in [-0.1, -0.05) is 6.92 Å². The Bertz CT molecular complexity index is 462. The molecule has 0 aliphatic carbocycles. The van der Waals surface area contributed by atoms with Crippen molar-refractivity contribution >= 4 is 17.6 Å². The lowest BCUT2D eigenvalue weighted by molar-refractivity contribution is -0.123. The molecular weight excluding hydrogens is 272 g/mol. The van der Waals surface area contributed by atoms with Crippen molar-refractivity contribution in [1.82, 2.24) is 15.6 Å². The van der Waals surface area contributed by atoms with Gasteiger partial charge in [-0.05, 0) is 26.3 Å². The summed E-state index contributed by atoms with van der Waals surface area (Å²) in [6.07, 6.45) is 2.33. The minimum absolute atomic E-state index is 0.0829. The van der Waals surface area contributed by atoms with Crippen LogP contribution in [0, 0.1) is 0 Å². The molecule has 116 valence electrons. The molecule has 0 aromatic carbocycles. The van der Waals surface area contributed by atoms with E-state index in [-0.39, 0.29) is 24.6 Å². The molecular formula is C14H22N4O3. The fourth-order valence-electron chi connectivity index (χ4n) is 1.43. The second-order valence-electron chi connectivity index (χ2n) is 4.54. The normalized spacial score (nSPS) is 11.4. The zero-order valence-corrected chi connectivity index (χ0v) is 12.6. The van der Waals surface area contributed by atoms with E-state index >= 15 is 0 Å². The predicted octanol–water partition coefficient (Wildman–Crippen LogP) is 1.52. The van der Waals surface area contributed by atoms with Crippen LogP contribution in [0.2, 0.25) is 0 Å². The summed E-state index contributed by atoms with van der Waals surface area (Å²) in [6, 6.07) is 3.08. The molecule has 1 aromatic heterocycles. The third kappa shape index (κ3) is 6.60. The largest absolute Gasteiger partial charge is 0.468 e. The Labute approximate surface area is 124 Å². The van der Waals surface area contributed by atoms with E-state index in [1.807, 2.05) is 20.8 Å². The number of urea groups is 1. The first kappa shape index (κ1) is 16.7. The van der Waals surface area contributed by atoms with Gasteiger partial charge in [0, 0.05) is 18.7 Å². The summed E-state index contributed by atoms with van der Waals surface area (Å²) in [6.45, 7) is 6.22. The van der Waals surface area contributed by atoms with Crippen molar-refractivity contribution < 1.29 is 14.3 Å². The SMILES string of the molecule is CCNC(=O)Nc1ccc(OCC(=O)NC(C)CC)nc1. The molecule has 3 amide bonds. The highest BCUT2D eigenvalue weighted by Gasteiger charge is 2.07. The molecule has 1 aromatic rings. The number of amides is 3. The first-order valence-corrected chi connectivity index (χ1v) is 6.98. The standard InChI is InChI=1S/C14H22N4O3/c1-4-10(3)17-12(19)9-21-13-7-6-11(8-16-13)18-14(20)15-5-2/h6-8,10H,4-5,9H2,1-3H3,(H,17,19)(H2,15,18,20). The highest BCUT2D eigenvalue weighted by Crippen LogP contribution is 2.11. The Balaban J connectivity index is 2.40.